The van der Waals surface area contributed by atoms with E-state index in [4.69, 9.17) is 4.74 Å². The number of ether oxygens (including phenoxy) is 1. The summed E-state index contributed by atoms with van der Waals surface area (Å²) in [4.78, 5) is 12.7. The van der Waals surface area contributed by atoms with Crippen LogP contribution in [0.4, 0.5) is 0 Å². The van der Waals surface area contributed by atoms with E-state index in [2.05, 4.69) is 15.9 Å². The van der Waals surface area contributed by atoms with Crippen LogP contribution in [0.5, 0.6) is 0 Å². The van der Waals surface area contributed by atoms with Crippen LogP contribution in [-0.2, 0) is 19.4 Å². The van der Waals surface area contributed by atoms with E-state index in [0.717, 1.165) is 11.1 Å². The molecule has 1 aromatic carbocycles. The number of nitrogens with one attached hydrogen (secondary N) is 1. The van der Waals surface area contributed by atoms with Gasteiger partial charge < -0.3 is 9.64 Å². The lowest BCUT2D eigenvalue weighted by Gasteiger charge is -2.23. The van der Waals surface area contributed by atoms with Crippen LogP contribution in [0.2, 0.25) is 0 Å². The zero-order valence-electron chi connectivity index (χ0n) is 12.5. The van der Waals surface area contributed by atoms with Crippen molar-refractivity contribution >= 4 is 31.7 Å². The number of carbonyl (C=O) groups is 1. The summed E-state index contributed by atoms with van der Waals surface area (Å²) < 4.78 is 28.0. The molecule has 2 rings (SSSR count). The minimum Gasteiger partial charge on any atom is -0.459 e. The topological polar surface area (TPSA) is 64.9 Å². The maximum Gasteiger partial charge on any atom is 0.324 e. The van der Waals surface area contributed by atoms with E-state index >= 15 is 0 Å². The van der Waals surface area contributed by atoms with Crippen molar-refractivity contribution in [1.29, 1.82) is 0 Å². The fourth-order valence-electron chi connectivity index (χ4n) is 2.32. The number of aryl methyl sites for hydroxylation is 1. The molecule has 0 aliphatic carbocycles. The molecule has 1 heterocycles. The van der Waals surface area contributed by atoms with Crippen molar-refractivity contribution < 1.29 is 22.8 Å². The second-order valence-corrected chi connectivity index (χ2v) is 8.81. The van der Waals surface area contributed by atoms with Gasteiger partial charge in [-0.3, -0.25) is 4.79 Å². The summed E-state index contributed by atoms with van der Waals surface area (Å²) in [5.74, 6) is 0.134. The lowest BCUT2D eigenvalue weighted by atomic mass is 10.1. The van der Waals surface area contributed by atoms with Gasteiger partial charge in [0.25, 0.3) is 0 Å². The van der Waals surface area contributed by atoms with Gasteiger partial charge in [0.1, 0.15) is 18.0 Å². The Morgan fingerprint density at radius 1 is 1.27 bits per heavy atom. The summed E-state index contributed by atoms with van der Waals surface area (Å²) in [6.07, 6.45) is 0. The van der Waals surface area contributed by atoms with E-state index < -0.39 is 14.7 Å². The van der Waals surface area contributed by atoms with Crippen LogP contribution in [-0.4, -0.2) is 52.1 Å². The van der Waals surface area contributed by atoms with Crippen LogP contribution < -0.4 is 4.90 Å². The summed E-state index contributed by atoms with van der Waals surface area (Å²) in [5, 5.41) is 0. The second-order valence-electron chi connectivity index (χ2n) is 5.59. The number of benzene rings is 1. The Labute approximate surface area is 139 Å². The first kappa shape index (κ1) is 17.4. The molecule has 7 heteroatoms. The van der Waals surface area contributed by atoms with Crippen LogP contribution in [0.25, 0.3) is 0 Å². The SMILES string of the molecule is Cc1ccc(C(Br)C(=O)OCC[NH+]2CCS(=O)(=O)CC2)cc1. The van der Waals surface area contributed by atoms with Gasteiger partial charge in [-0.05, 0) is 12.5 Å². The Balaban J connectivity index is 1.75. The summed E-state index contributed by atoms with van der Waals surface area (Å²) >= 11 is 3.36. The molecule has 0 radical (unpaired) electrons. The van der Waals surface area contributed by atoms with E-state index in [1.54, 1.807) is 0 Å². The number of sulfone groups is 1. The van der Waals surface area contributed by atoms with Gasteiger partial charge in [0.15, 0.2) is 9.84 Å². The number of carbonyl (C=O) groups excluding carboxylic acids is 1. The highest BCUT2D eigenvalue weighted by Gasteiger charge is 2.25. The predicted octanol–water partition coefficient (Wildman–Crippen LogP) is 0.288. The van der Waals surface area contributed by atoms with Gasteiger partial charge >= 0.3 is 5.97 Å². The average Bonchev–Trinajstić information content (AvgIpc) is 2.49. The maximum atomic E-state index is 12.0. The number of hydrogen-bond acceptors (Lipinski definition) is 4. The van der Waals surface area contributed by atoms with Gasteiger partial charge in [0.05, 0.1) is 24.6 Å². The number of alkyl halides is 1. The van der Waals surface area contributed by atoms with E-state index in [-0.39, 0.29) is 17.5 Å². The maximum absolute atomic E-state index is 12.0. The standard InChI is InChI=1S/C15H20BrNO4S/c1-12-2-4-13(5-3-12)14(16)15(18)21-9-6-17-7-10-22(19,20)11-8-17/h2-5,14H,6-11H2,1H3/p+1. The van der Waals surface area contributed by atoms with Crippen LogP contribution in [0, 0.1) is 6.92 Å². The predicted molar refractivity (Wildman–Crippen MR) is 88.0 cm³/mol. The Kier molecular flexibility index (Phi) is 6.00. The molecular weight excluding hydrogens is 370 g/mol. The molecule has 0 bridgehead atoms. The molecule has 1 saturated heterocycles. The number of esters is 1. The van der Waals surface area contributed by atoms with Crippen molar-refractivity contribution in [2.45, 2.75) is 11.8 Å². The third-order valence-corrected chi connectivity index (χ3v) is 6.36. The molecule has 22 heavy (non-hydrogen) atoms. The van der Waals surface area contributed by atoms with Crippen LogP contribution >= 0.6 is 15.9 Å². The van der Waals surface area contributed by atoms with Crippen molar-refractivity contribution in [3.8, 4) is 0 Å². The third-order valence-electron chi connectivity index (χ3n) is 3.81. The molecule has 1 unspecified atom stereocenters. The van der Waals surface area contributed by atoms with Gasteiger partial charge in [-0.15, -0.1) is 0 Å². The lowest BCUT2D eigenvalue weighted by Crippen LogP contribution is -3.14. The summed E-state index contributed by atoms with van der Waals surface area (Å²) in [7, 11) is -2.85. The largest absolute Gasteiger partial charge is 0.459 e. The van der Waals surface area contributed by atoms with Crippen molar-refractivity contribution in [1.82, 2.24) is 0 Å². The number of quaternary nitrogens is 1. The van der Waals surface area contributed by atoms with Crippen molar-refractivity contribution in [3.05, 3.63) is 35.4 Å². The van der Waals surface area contributed by atoms with Gasteiger partial charge in [0, 0.05) is 0 Å². The Hall–Kier alpha value is -0.920. The highest BCUT2D eigenvalue weighted by molar-refractivity contribution is 9.09. The Morgan fingerprint density at radius 3 is 2.45 bits per heavy atom. The normalized spacial score (nSPS) is 19.5. The van der Waals surface area contributed by atoms with Gasteiger partial charge in [0.2, 0.25) is 0 Å². The quantitative estimate of drug-likeness (QED) is 0.579. The fraction of sp³-hybridized carbons (Fsp3) is 0.533. The molecule has 1 aromatic rings. The van der Waals surface area contributed by atoms with E-state index in [1.807, 2.05) is 31.2 Å². The molecule has 1 fully saturated rings. The zero-order chi connectivity index (χ0) is 16.2. The molecule has 0 aromatic heterocycles. The van der Waals surface area contributed by atoms with E-state index in [0.29, 0.717) is 26.2 Å². The van der Waals surface area contributed by atoms with E-state index in [1.165, 1.54) is 4.90 Å². The van der Waals surface area contributed by atoms with Crippen molar-refractivity contribution in [2.24, 2.45) is 0 Å². The first-order valence-corrected chi connectivity index (χ1v) is 10.0. The van der Waals surface area contributed by atoms with Gasteiger partial charge in [-0.25, -0.2) is 8.42 Å². The Bertz CT molecular complexity index is 601. The first-order chi connectivity index (χ1) is 10.4. The molecule has 0 spiro atoms. The molecule has 0 saturated carbocycles. The van der Waals surface area contributed by atoms with E-state index in [9.17, 15) is 13.2 Å². The molecule has 5 nitrogen and oxygen atoms in total. The smallest absolute Gasteiger partial charge is 0.324 e. The molecule has 1 aliphatic heterocycles. The highest BCUT2D eigenvalue weighted by atomic mass is 79.9. The molecule has 1 N–H and O–H groups in total. The number of halogens is 1. The zero-order valence-corrected chi connectivity index (χ0v) is 15.0. The fourth-order valence-corrected chi connectivity index (χ4v) is 4.16. The van der Waals surface area contributed by atoms with Crippen LogP contribution in [0.1, 0.15) is 16.0 Å². The monoisotopic (exact) mass is 390 g/mol. The lowest BCUT2D eigenvalue weighted by molar-refractivity contribution is -0.896. The molecule has 0 amide bonds. The van der Waals surface area contributed by atoms with Gasteiger partial charge in [-0.1, -0.05) is 45.8 Å². The molecule has 1 aliphatic rings. The van der Waals surface area contributed by atoms with Crippen molar-refractivity contribution in [3.63, 3.8) is 0 Å². The minimum atomic E-state index is -2.85. The third kappa shape index (κ3) is 5.07. The minimum absolute atomic E-state index is 0.223. The van der Waals surface area contributed by atoms with Gasteiger partial charge in [-0.2, -0.15) is 0 Å². The average molecular weight is 391 g/mol. The number of hydrogen-bond donors (Lipinski definition) is 1. The van der Waals surface area contributed by atoms with Crippen LogP contribution in [0.15, 0.2) is 24.3 Å². The summed E-state index contributed by atoms with van der Waals surface area (Å²) in [6.45, 7) is 4.13. The Morgan fingerprint density at radius 2 is 1.86 bits per heavy atom. The number of rotatable bonds is 5. The molecule has 1 atom stereocenters. The molecular formula is C15H21BrNO4S+. The molecule has 122 valence electrons. The highest BCUT2D eigenvalue weighted by Crippen LogP contribution is 2.24. The summed E-state index contributed by atoms with van der Waals surface area (Å²) in [6, 6.07) is 7.71. The van der Waals surface area contributed by atoms with Crippen LogP contribution in [0.3, 0.4) is 0 Å². The van der Waals surface area contributed by atoms with Crippen molar-refractivity contribution in [2.75, 3.05) is 37.7 Å². The summed E-state index contributed by atoms with van der Waals surface area (Å²) in [5.41, 5.74) is 2.01. The first-order valence-electron chi connectivity index (χ1n) is 7.29. The second kappa shape index (κ2) is 7.57.